The molecule has 2 heterocycles. The zero-order valence-electron chi connectivity index (χ0n) is 9.94. The molecule has 1 saturated heterocycles. The third-order valence-corrected chi connectivity index (χ3v) is 3.45. The number of carbonyl (C=O) groups is 2. The molecule has 0 unspecified atom stereocenters. The van der Waals surface area contributed by atoms with Crippen LogP contribution in [0.5, 0.6) is 0 Å². The minimum Gasteiger partial charge on any atom is -0.476 e. The highest BCUT2D eigenvalue weighted by molar-refractivity contribution is 7.98. The van der Waals surface area contributed by atoms with Gasteiger partial charge in [-0.25, -0.2) is 9.48 Å². The van der Waals surface area contributed by atoms with Gasteiger partial charge >= 0.3 is 5.97 Å². The van der Waals surface area contributed by atoms with Gasteiger partial charge in [-0.1, -0.05) is 5.21 Å². The fraction of sp³-hybridized carbons (Fsp3) is 0.600. The summed E-state index contributed by atoms with van der Waals surface area (Å²) in [5, 5.41) is 16.0. The molecule has 7 nitrogen and oxygen atoms in total. The van der Waals surface area contributed by atoms with Crippen LogP contribution in [-0.2, 0) is 4.79 Å². The number of carboxylic acid groups (broad SMARTS) is 1. The summed E-state index contributed by atoms with van der Waals surface area (Å²) in [5.74, 6) is -0.125. The number of nitrogens with zero attached hydrogens (tertiary/aromatic N) is 4. The van der Waals surface area contributed by atoms with Gasteiger partial charge in [-0.15, -0.1) is 5.10 Å². The van der Waals surface area contributed by atoms with Gasteiger partial charge in [-0.2, -0.15) is 11.8 Å². The van der Waals surface area contributed by atoms with Crippen molar-refractivity contribution in [2.24, 2.45) is 0 Å². The van der Waals surface area contributed by atoms with E-state index < -0.39 is 5.97 Å². The van der Waals surface area contributed by atoms with Crippen molar-refractivity contribution in [2.45, 2.75) is 12.5 Å². The van der Waals surface area contributed by atoms with Crippen LogP contribution in [-0.4, -0.2) is 62.0 Å². The molecule has 1 amide bonds. The van der Waals surface area contributed by atoms with Crippen LogP contribution in [0.15, 0.2) is 6.20 Å². The summed E-state index contributed by atoms with van der Waals surface area (Å²) in [6.07, 6.45) is 3.91. The van der Waals surface area contributed by atoms with Gasteiger partial charge in [-0.3, -0.25) is 4.79 Å². The average molecular weight is 270 g/mol. The number of carboxylic acids is 1. The van der Waals surface area contributed by atoms with Crippen molar-refractivity contribution in [2.75, 3.05) is 25.1 Å². The first-order valence-electron chi connectivity index (χ1n) is 5.53. The topological polar surface area (TPSA) is 88.3 Å². The van der Waals surface area contributed by atoms with Crippen molar-refractivity contribution in [3.63, 3.8) is 0 Å². The number of aromatic nitrogens is 3. The normalized spacial score (nSPS) is 15.5. The number of carbonyl (C=O) groups excluding carboxylic acids is 1. The lowest BCUT2D eigenvalue weighted by Gasteiger charge is -2.38. The lowest BCUT2D eigenvalue weighted by molar-refractivity contribution is -0.136. The molecule has 0 bridgehead atoms. The van der Waals surface area contributed by atoms with Crippen LogP contribution in [0.1, 0.15) is 23.0 Å². The van der Waals surface area contributed by atoms with Gasteiger partial charge in [0.25, 0.3) is 0 Å². The van der Waals surface area contributed by atoms with E-state index in [1.54, 1.807) is 16.7 Å². The fourth-order valence-electron chi connectivity index (χ4n) is 1.73. The maximum Gasteiger partial charge on any atom is 0.358 e. The molecular formula is C10H14N4O3S. The zero-order valence-corrected chi connectivity index (χ0v) is 10.8. The number of amides is 1. The molecule has 1 aromatic rings. The minimum atomic E-state index is -1.09. The summed E-state index contributed by atoms with van der Waals surface area (Å²) in [4.78, 5) is 24.1. The van der Waals surface area contributed by atoms with E-state index in [4.69, 9.17) is 5.11 Å². The smallest absolute Gasteiger partial charge is 0.358 e. The van der Waals surface area contributed by atoms with Crippen LogP contribution < -0.4 is 0 Å². The molecular weight excluding hydrogens is 256 g/mol. The quantitative estimate of drug-likeness (QED) is 0.817. The predicted octanol–water partition coefficient (Wildman–Crippen LogP) is 0.113. The van der Waals surface area contributed by atoms with Gasteiger partial charge in [0.05, 0.1) is 12.2 Å². The molecule has 0 spiro atoms. The maximum absolute atomic E-state index is 11.6. The van der Waals surface area contributed by atoms with Gasteiger partial charge in [0, 0.05) is 25.3 Å². The third kappa shape index (κ3) is 2.63. The fourth-order valence-corrected chi connectivity index (χ4v) is 2.11. The second-order valence-corrected chi connectivity index (χ2v) is 5.07. The van der Waals surface area contributed by atoms with Crippen molar-refractivity contribution in [1.29, 1.82) is 0 Å². The molecule has 8 heteroatoms. The largest absolute Gasteiger partial charge is 0.476 e. The highest BCUT2D eigenvalue weighted by atomic mass is 32.2. The Labute approximate surface area is 108 Å². The maximum atomic E-state index is 11.6. The Balaban J connectivity index is 1.84. The summed E-state index contributed by atoms with van der Waals surface area (Å²) in [7, 11) is 0. The van der Waals surface area contributed by atoms with E-state index in [1.807, 2.05) is 6.26 Å². The van der Waals surface area contributed by atoms with E-state index >= 15 is 0 Å². The predicted molar refractivity (Wildman–Crippen MR) is 65.6 cm³/mol. The van der Waals surface area contributed by atoms with Crippen molar-refractivity contribution >= 4 is 23.6 Å². The first-order chi connectivity index (χ1) is 8.61. The van der Waals surface area contributed by atoms with E-state index in [0.29, 0.717) is 19.5 Å². The Bertz CT molecular complexity index is 456. The Morgan fingerprint density at radius 2 is 2.28 bits per heavy atom. The van der Waals surface area contributed by atoms with Crippen molar-refractivity contribution in [1.82, 2.24) is 19.9 Å². The number of likely N-dealkylation sites (tertiary alicyclic amines) is 1. The first kappa shape index (κ1) is 12.9. The van der Waals surface area contributed by atoms with Gasteiger partial charge in [-0.05, 0) is 6.26 Å². The van der Waals surface area contributed by atoms with Crippen LogP contribution in [0.25, 0.3) is 0 Å². The molecule has 18 heavy (non-hydrogen) atoms. The lowest BCUT2D eigenvalue weighted by Crippen LogP contribution is -2.51. The second kappa shape index (κ2) is 5.38. The standard InChI is InChI=1S/C10H14N4O3S/c1-18-3-2-9(15)13-4-7(5-13)14-6-8(10(16)17)11-12-14/h6-7H,2-5H2,1H3,(H,16,17). The molecule has 0 saturated carbocycles. The monoisotopic (exact) mass is 270 g/mol. The van der Waals surface area contributed by atoms with Gasteiger partial charge in [0.15, 0.2) is 5.69 Å². The molecule has 1 fully saturated rings. The highest BCUT2D eigenvalue weighted by Gasteiger charge is 2.32. The zero-order chi connectivity index (χ0) is 13.1. The summed E-state index contributed by atoms with van der Waals surface area (Å²) < 4.78 is 1.52. The van der Waals surface area contributed by atoms with Crippen molar-refractivity contribution in [3.8, 4) is 0 Å². The number of hydrogen-bond acceptors (Lipinski definition) is 5. The Morgan fingerprint density at radius 3 is 2.83 bits per heavy atom. The molecule has 98 valence electrons. The molecule has 1 aromatic heterocycles. The minimum absolute atomic E-state index is 0.0452. The first-order valence-corrected chi connectivity index (χ1v) is 6.93. The molecule has 1 aliphatic heterocycles. The number of thioether (sulfide) groups is 1. The van der Waals surface area contributed by atoms with E-state index in [-0.39, 0.29) is 17.6 Å². The Hall–Kier alpha value is -1.57. The van der Waals surface area contributed by atoms with Crippen LogP contribution in [0.4, 0.5) is 0 Å². The van der Waals surface area contributed by atoms with Gasteiger partial charge in [0.1, 0.15) is 0 Å². The molecule has 0 aromatic carbocycles. The summed E-state index contributed by atoms with van der Waals surface area (Å²) in [6.45, 7) is 1.16. The van der Waals surface area contributed by atoms with E-state index in [0.717, 1.165) is 5.75 Å². The number of hydrogen-bond donors (Lipinski definition) is 1. The molecule has 2 rings (SSSR count). The van der Waals surface area contributed by atoms with Crippen LogP contribution in [0.3, 0.4) is 0 Å². The van der Waals surface area contributed by atoms with Gasteiger partial charge in [0.2, 0.25) is 5.91 Å². The van der Waals surface area contributed by atoms with Crippen LogP contribution in [0.2, 0.25) is 0 Å². The molecule has 0 radical (unpaired) electrons. The van der Waals surface area contributed by atoms with Crippen molar-refractivity contribution in [3.05, 3.63) is 11.9 Å². The second-order valence-electron chi connectivity index (χ2n) is 4.08. The number of aromatic carboxylic acids is 1. The third-order valence-electron chi connectivity index (χ3n) is 2.84. The average Bonchev–Trinajstić information content (AvgIpc) is 2.73. The Kier molecular flexibility index (Phi) is 3.85. The molecule has 1 aliphatic rings. The Morgan fingerprint density at radius 1 is 1.56 bits per heavy atom. The van der Waals surface area contributed by atoms with E-state index in [9.17, 15) is 9.59 Å². The summed E-state index contributed by atoms with van der Waals surface area (Å²) in [5.41, 5.74) is -0.0674. The van der Waals surface area contributed by atoms with Crippen LogP contribution >= 0.6 is 11.8 Å². The number of rotatable bonds is 5. The molecule has 1 N–H and O–H groups in total. The van der Waals surface area contributed by atoms with Crippen LogP contribution in [0, 0.1) is 0 Å². The molecule has 0 atom stereocenters. The van der Waals surface area contributed by atoms with Crippen molar-refractivity contribution < 1.29 is 14.7 Å². The summed E-state index contributed by atoms with van der Waals surface area (Å²) >= 11 is 1.65. The summed E-state index contributed by atoms with van der Waals surface area (Å²) in [6, 6.07) is 0.0452. The molecule has 0 aliphatic carbocycles. The van der Waals surface area contributed by atoms with E-state index in [1.165, 1.54) is 10.9 Å². The van der Waals surface area contributed by atoms with E-state index in [2.05, 4.69) is 10.3 Å². The lowest BCUT2D eigenvalue weighted by atomic mass is 10.1. The SMILES string of the molecule is CSCCC(=O)N1CC(n2cc(C(=O)O)nn2)C1. The van der Waals surface area contributed by atoms with Gasteiger partial charge < -0.3 is 10.0 Å². The highest BCUT2D eigenvalue weighted by Crippen LogP contribution is 2.21.